The van der Waals surface area contributed by atoms with Crippen molar-refractivity contribution in [2.45, 2.75) is 20.8 Å². The van der Waals surface area contributed by atoms with Gasteiger partial charge in [0.05, 0.1) is 5.36 Å². The summed E-state index contributed by atoms with van der Waals surface area (Å²) in [5.74, 6) is 1.29. The molecule has 18 heavy (non-hydrogen) atoms. The second-order valence-electron chi connectivity index (χ2n) is 4.17. The van der Waals surface area contributed by atoms with E-state index in [1.165, 1.54) is 6.92 Å². The first-order chi connectivity index (χ1) is 8.58. The minimum Gasteiger partial charge on any atom is -0.461 e. The first-order valence-electron chi connectivity index (χ1n) is 5.80. The van der Waals surface area contributed by atoms with Gasteiger partial charge in [-0.05, 0) is 13.8 Å². The number of carbonyl (C=O) groups excluding carboxylic acids is 1. The highest BCUT2D eigenvalue weighted by Gasteiger charge is 2.05. The lowest BCUT2D eigenvalue weighted by atomic mass is 10.1. The molecule has 0 aliphatic carbocycles. The first-order valence-corrected chi connectivity index (χ1v) is 5.80. The Morgan fingerprint density at radius 2 is 1.83 bits per heavy atom. The van der Waals surface area contributed by atoms with Crippen molar-refractivity contribution in [3.8, 4) is 11.3 Å². The molecule has 0 spiro atoms. The maximum atomic E-state index is 11.1. The van der Waals surface area contributed by atoms with Crippen LogP contribution in [-0.4, -0.2) is 5.91 Å². The predicted octanol–water partition coefficient (Wildman–Crippen LogP) is 3.01. The summed E-state index contributed by atoms with van der Waals surface area (Å²) in [5.41, 5.74) is 1.87. The highest BCUT2D eigenvalue weighted by atomic mass is 16.3. The number of rotatable bonds is 1. The quantitative estimate of drug-likeness (QED) is 0.770. The van der Waals surface area contributed by atoms with E-state index >= 15 is 0 Å². The lowest BCUT2D eigenvalue weighted by Gasteiger charge is -2.05. The Morgan fingerprint density at radius 1 is 1.17 bits per heavy atom. The van der Waals surface area contributed by atoms with Crippen LogP contribution >= 0.6 is 0 Å². The smallest absolute Gasteiger partial charge is 0.243 e. The van der Waals surface area contributed by atoms with Crippen LogP contribution in [0.2, 0.25) is 0 Å². The third kappa shape index (κ3) is 2.56. The summed E-state index contributed by atoms with van der Waals surface area (Å²) in [6.45, 7) is 5.22. The molecule has 0 saturated carbocycles. The SMILES string of the molecule is CC(=O)N=c1cc(-c2ccccc2)oc(C)c1C. The van der Waals surface area contributed by atoms with Crippen molar-refractivity contribution < 1.29 is 9.21 Å². The highest BCUT2D eigenvalue weighted by molar-refractivity contribution is 5.74. The van der Waals surface area contributed by atoms with E-state index < -0.39 is 0 Å². The Morgan fingerprint density at radius 3 is 2.44 bits per heavy atom. The van der Waals surface area contributed by atoms with Crippen LogP contribution < -0.4 is 5.36 Å². The van der Waals surface area contributed by atoms with Crippen molar-refractivity contribution in [1.29, 1.82) is 0 Å². The minimum atomic E-state index is -0.206. The summed E-state index contributed by atoms with van der Waals surface area (Å²) in [4.78, 5) is 15.1. The zero-order chi connectivity index (χ0) is 13.1. The molecule has 3 nitrogen and oxygen atoms in total. The summed E-state index contributed by atoms with van der Waals surface area (Å²) in [6.07, 6.45) is 0. The number of amides is 1. The lowest BCUT2D eigenvalue weighted by Crippen LogP contribution is -2.11. The van der Waals surface area contributed by atoms with Gasteiger partial charge < -0.3 is 4.42 Å². The number of hydrogen-bond acceptors (Lipinski definition) is 2. The van der Waals surface area contributed by atoms with E-state index in [0.717, 1.165) is 22.6 Å². The van der Waals surface area contributed by atoms with E-state index in [2.05, 4.69) is 4.99 Å². The van der Waals surface area contributed by atoms with Gasteiger partial charge in [0.1, 0.15) is 11.5 Å². The van der Waals surface area contributed by atoms with Gasteiger partial charge >= 0.3 is 0 Å². The van der Waals surface area contributed by atoms with E-state index in [1.807, 2.05) is 44.2 Å². The average Bonchev–Trinajstić information content (AvgIpc) is 2.35. The molecule has 1 heterocycles. The third-order valence-corrected chi connectivity index (χ3v) is 2.78. The minimum absolute atomic E-state index is 0.206. The molecular weight excluding hydrogens is 226 g/mol. The monoisotopic (exact) mass is 241 g/mol. The molecule has 1 aromatic carbocycles. The lowest BCUT2D eigenvalue weighted by molar-refractivity contribution is -0.116. The summed E-state index contributed by atoms with van der Waals surface area (Å²) >= 11 is 0. The zero-order valence-corrected chi connectivity index (χ0v) is 10.7. The third-order valence-electron chi connectivity index (χ3n) is 2.78. The predicted molar refractivity (Wildman–Crippen MR) is 69.9 cm³/mol. The van der Waals surface area contributed by atoms with Crippen molar-refractivity contribution in [3.63, 3.8) is 0 Å². The van der Waals surface area contributed by atoms with E-state index in [4.69, 9.17) is 4.42 Å². The zero-order valence-electron chi connectivity index (χ0n) is 10.7. The molecule has 0 N–H and O–H groups in total. The topological polar surface area (TPSA) is 42.6 Å². The van der Waals surface area contributed by atoms with Crippen LogP contribution in [0.1, 0.15) is 18.2 Å². The molecule has 92 valence electrons. The van der Waals surface area contributed by atoms with E-state index in [-0.39, 0.29) is 5.91 Å². The molecule has 0 fully saturated rings. The van der Waals surface area contributed by atoms with Crippen LogP contribution in [0.25, 0.3) is 11.3 Å². The summed E-state index contributed by atoms with van der Waals surface area (Å²) in [7, 11) is 0. The second-order valence-corrected chi connectivity index (χ2v) is 4.17. The Hall–Kier alpha value is -2.16. The van der Waals surface area contributed by atoms with Gasteiger partial charge in [-0.2, -0.15) is 0 Å². The van der Waals surface area contributed by atoms with Crippen molar-refractivity contribution in [3.05, 3.63) is 53.1 Å². The van der Waals surface area contributed by atoms with Gasteiger partial charge in [0.25, 0.3) is 0 Å². The van der Waals surface area contributed by atoms with Gasteiger partial charge in [0.2, 0.25) is 5.91 Å². The molecule has 0 aliphatic rings. The van der Waals surface area contributed by atoms with Crippen LogP contribution in [-0.2, 0) is 4.79 Å². The van der Waals surface area contributed by atoms with E-state index in [0.29, 0.717) is 5.36 Å². The fourth-order valence-electron chi connectivity index (χ4n) is 1.71. The maximum absolute atomic E-state index is 11.1. The molecule has 1 amide bonds. The number of aryl methyl sites for hydroxylation is 1. The van der Waals surface area contributed by atoms with Gasteiger partial charge in [-0.1, -0.05) is 30.3 Å². The molecular formula is C15H15NO2. The normalized spacial score (nSPS) is 11.6. The van der Waals surface area contributed by atoms with Crippen molar-refractivity contribution >= 4 is 5.91 Å². The Kier molecular flexibility index (Phi) is 3.42. The van der Waals surface area contributed by atoms with Gasteiger partial charge in [0.15, 0.2) is 0 Å². The molecule has 0 atom stereocenters. The van der Waals surface area contributed by atoms with Crippen molar-refractivity contribution in [2.75, 3.05) is 0 Å². The molecule has 2 aromatic rings. The molecule has 1 aromatic heterocycles. The molecule has 2 rings (SSSR count). The number of hydrogen-bond donors (Lipinski definition) is 0. The summed E-state index contributed by atoms with van der Waals surface area (Å²) in [6, 6.07) is 11.6. The second kappa shape index (κ2) is 5.00. The van der Waals surface area contributed by atoms with Crippen molar-refractivity contribution in [1.82, 2.24) is 0 Å². The van der Waals surface area contributed by atoms with Gasteiger partial charge in [-0.25, -0.2) is 4.99 Å². The Bertz CT molecular complexity index is 639. The maximum Gasteiger partial charge on any atom is 0.243 e. The van der Waals surface area contributed by atoms with Crippen LogP contribution in [0, 0.1) is 13.8 Å². The molecule has 3 heteroatoms. The van der Waals surface area contributed by atoms with Crippen molar-refractivity contribution in [2.24, 2.45) is 4.99 Å². The molecule has 0 radical (unpaired) electrons. The Balaban J connectivity index is 2.66. The van der Waals surface area contributed by atoms with E-state index in [9.17, 15) is 4.79 Å². The van der Waals surface area contributed by atoms with Gasteiger partial charge in [-0.15, -0.1) is 0 Å². The molecule has 0 unspecified atom stereocenters. The summed E-state index contributed by atoms with van der Waals surface area (Å²) < 4.78 is 5.75. The number of carbonyl (C=O) groups is 1. The van der Waals surface area contributed by atoms with Gasteiger partial charge in [0, 0.05) is 24.1 Å². The number of benzene rings is 1. The molecule has 0 aliphatic heterocycles. The highest BCUT2D eigenvalue weighted by Crippen LogP contribution is 2.19. The van der Waals surface area contributed by atoms with E-state index in [1.54, 1.807) is 6.07 Å². The Labute approximate surface area is 106 Å². The van der Waals surface area contributed by atoms with Gasteiger partial charge in [-0.3, -0.25) is 4.79 Å². The fraction of sp³-hybridized carbons (Fsp3) is 0.200. The van der Waals surface area contributed by atoms with Crippen LogP contribution in [0.3, 0.4) is 0 Å². The molecule has 0 saturated heterocycles. The molecule has 0 bridgehead atoms. The number of nitrogens with zero attached hydrogens (tertiary/aromatic N) is 1. The summed E-state index contributed by atoms with van der Waals surface area (Å²) in [5, 5.41) is 0.671. The first kappa shape index (κ1) is 12.3. The van der Waals surface area contributed by atoms with Crippen LogP contribution in [0.4, 0.5) is 0 Å². The largest absolute Gasteiger partial charge is 0.461 e. The van der Waals surface area contributed by atoms with Crippen LogP contribution in [0.15, 0.2) is 45.8 Å². The average molecular weight is 241 g/mol. The fourth-order valence-corrected chi connectivity index (χ4v) is 1.71. The standard InChI is InChI=1S/C15H15NO2/c1-10-11(2)18-15(9-14(10)16-12(3)17)13-7-5-4-6-8-13/h4-9H,1-3H3. The van der Waals surface area contributed by atoms with Crippen LogP contribution in [0.5, 0.6) is 0 Å².